The zero-order chi connectivity index (χ0) is 17.7. The van der Waals surface area contributed by atoms with Crippen molar-refractivity contribution in [2.45, 2.75) is 69.4 Å². The maximum absolute atomic E-state index is 13.7. The Kier molecular flexibility index (Phi) is 4.78. The highest BCUT2D eigenvalue weighted by molar-refractivity contribution is 9.10. The SMILES string of the molecule is CC(C)(C)[Si](C)(C)OC1(C(F)F)CC(O)(c2ncc(Br)cn2)C1. The fourth-order valence-corrected chi connectivity index (χ4v) is 4.34. The molecule has 0 aromatic carbocycles. The van der Waals surface area contributed by atoms with Crippen LogP contribution in [0.25, 0.3) is 0 Å². The summed E-state index contributed by atoms with van der Waals surface area (Å²) in [6.45, 7) is 9.87. The first-order chi connectivity index (χ1) is 10.3. The average molecular weight is 409 g/mol. The van der Waals surface area contributed by atoms with Gasteiger partial charge in [0.1, 0.15) is 11.2 Å². The van der Waals surface area contributed by atoms with Gasteiger partial charge in [-0.15, -0.1) is 0 Å². The molecular weight excluding hydrogens is 386 g/mol. The van der Waals surface area contributed by atoms with E-state index in [1.54, 1.807) is 0 Å². The van der Waals surface area contributed by atoms with Crippen LogP contribution in [0, 0.1) is 0 Å². The summed E-state index contributed by atoms with van der Waals surface area (Å²) in [5.41, 5.74) is -3.08. The van der Waals surface area contributed by atoms with Gasteiger partial charge >= 0.3 is 0 Å². The summed E-state index contributed by atoms with van der Waals surface area (Å²) >= 11 is 3.21. The van der Waals surface area contributed by atoms with Gasteiger partial charge < -0.3 is 9.53 Å². The topological polar surface area (TPSA) is 55.2 Å². The van der Waals surface area contributed by atoms with E-state index >= 15 is 0 Å². The molecule has 0 bridgehead atoms. The van der Waals surface area contributed by atoms with Crippen molar-refractivity contribution in [1.82, 2.24) is 9.97 Å². The molecule has 0 amide bonds. The molecule has 8 heteroatoms. The minimum Gasteiger partial charge on any atom is -0.405 e. The lowest BCUT2D eigenvalue weighted by Crippen LogP contribution is -2.65. The van der Waals surface area contributed by atoms with Crippen LogP contribution < -0.4 is 0 Å². The van der Waals surface area contributed by atoms with Crippen LogP contribution in [0.1, 0.15) is 39.4 Å². The fourth-order valence-electron chi connectivity index (χ4n) is 2.58. The number of hydrogen-bond donors (Lipinski definition) is 1. The van der Waals surface area contributed by atoms with Crippen LogP contribution >= 0.6 is 15.9 Å². The molecule has 130 valence electrons. The molecule has 0 unspecified atom stereocenters. The third kappa shape index (κ3) is 3.50. The first-order valence-electron chi connectivity index (χ1n) is 7.50. The second-order valence-corrected chi connectivity index (χ2v) is 13.5. The van der Waals surface area contributed by atoms with Crippen molar-refractivity contribution in [2.75, 3.05) is 0 Å². The van der Waals surface area contributed by atoms with Crippen molar-refractivity contribution in [2.24, 2.45) is 0 Å². The zero-order valence-corrected chi connectivity index (χ0v) is 16.6. The molecule has 23 heavy (non-hydrogen) atoms. The molecule has 1 fully saturated rings. The van der Waals surface area contributed by atoms with E-state index in [0.29, 0.717) is 4.47 Å². The first kappa shape index (κ1) is 18.9. The molecule has 1 aromatic heterocycles. The molecule has 1 N–H and O–H groups in total. The van der Waals surface area contributed by atoms with Crippen LogP contribution in [0.2, 0.25) is 18.1 Å². The third-order valence-electron chi connectivity index (χ3n) is 4.88. The van der Waals surface area contributed by atoms with Gasteiger partial charge in [0.2, 0.25) is 0 Å². The quantitative estimate of drug-likeness (QED) is 0.756. The molecule has 2 rings (SSSR count). The van der Waals surface area contributed by atoms with Crippen LogP contribution in [-0.2, 0) is 10.0 Å². The Balaban J connectivity index is 2.22. The van der Waals surface area contributed by atoms with E-state index < -0.39 is 25.9 Å². The second kappa shape index (κ2) is 5.82. The van der Waals surface area contributed by atoms with Gasteiger partial charge in [0.15, 0.2) is 14.1 Å². The number of aliphatic hydroxyl groups is 1. The molecule has 1 aliphatic carbocycles. The highest BCUT2D eigenvalue weighted by Gasteiger charge is 2.64. The normalized spacial score (nSPS) is 28.8. The highest BCUT2D eigenvalue weighted by Crippen LogP contribution is 2.55. The molecule has 0 radical (unpaired) electrons. The molecule has 1 saturated carbocycles. The molecule has 1 aliphatic rings. The molecular formula is C15H23BrF2N2O2Si. The van der Waals surface area contributed by atoms with Crippen molar-refractivity contribution in [1.29, 1.82) is 0 Å². The summed E-state index contributed by atoms with van der Waals surface area (Å²) in [6, 6.07) is 0. The molecule has 1 heterocycles. The van der Waals surface area contributed by atoms with E-state index in [1.807, 2.05) is 33.9 Å². The van der Waals surface area contributed by atoms with Gasteiger partial charge in [-0.3, -0.25) is 0 Å². The summed E-state index contributed by atoms with van der Waals surface area (Å²) in [7, 11) is -2.38. The minimum atomic E-state index is -2.66. The minimum absolute atomic E-state index is 0.163. The highest BCUT2D eigenvalue weighted by atomic mass is 79.9. The lowest BCUT2D eigenvalue weighted by Gasteiger charge is -2.55. The summed E-state index contributed by atoms with van der Waals surface area (Å²) in [5, 5.41) is 10.4. The van der Waals surface area contributed by atoms with E-state index in [2.05, 4.69) is 25.9 Å². The number of rotatable bonds is 4. The Labute approximate surface area is 144 Å². The summed E-state index contributed by atoms with van der Waals surface area (Å²) < 4.78 is 34.1. The molecule has 0 aliphatic heterocycles. The zero-order valence-electron chi connectivity index (χ0n) is 14.0. The van der Waals surface area contributed by atoms with Crippen molar-refractivity contribution in [3.63, 3.8) is 0 Å². The monoisotopic (exact) mass is 408 g/mol. The van der Waals surface area contributed by atoms with Gasteiger partial charge in [0, 0.05) is 25.2 Å². The van der Waals surface area contributed by atoms with Crippen LogP contribution in [0.5, 0.6) is 0 Å². The number of alkyl halides is 2. The predicted molar refractivity (Wildman–Crippen MR) is 89.9 cm³/mol. The predicted octanol–water partition coefficient (Wildman–Crippen LogP) is 4.25. The molecule has 1 aromatic rings. The summed E-state index contributed by atoms with van der Waals surface area (Å²) in [4.78, 5) is 8.09. The van der Waals surface area contributed by atoms with E-state index in [0.717, 1.165) is 0 Å². The van der Waals surface area contributed by atoms with Crippen molar-refractivity contribution >= 4 is 24.2 Å². The fraction of sp³-hybridized carbons (Fsp3) is 0.733. The Morgan fingerprint density at radius 2 is 1.74 bits per heavy atom. The first-order valence-corrected chi connectivity index (χ1v) is 11.2. The van der Waals surface area contributed by atoms with Crippen molar-refractivity contribution < 1.29 is 18.3 Å². The third-order valence-corrected chi connectivity index (χ3v) is 9.82. The van der Waals surface area contributed by atoms with Gasteiger partial charge in [-0.2, -0.15) is 0 Å². The summed E-state index contributed by atoms with van der Waals surface area (Å²) in [5.74, 6) is 0.163. The Bertz CT molecular complexity index is 570. The Hall–Kier alpha value is -0.443. The van der Waals surface area contributed by atoms with E-state index in [1.165, 1.54) is 12.4 Å². The second-order valence-electron chi connectivity index (χ2n) is 7.84. The smallest absolute Gasteiger partial charge is 0.266 e. The Morgan fingerprint density at radius 1 is 1.26 bits per heavy atom. The van der Waals surface area contributed by atoms with E-state index in [4.69, 9.17) is 4.43 Å². The Morgan fingerprint density at radius 3 is 2.13 bits per heavy atom. The summed E-state index contributed by atoms with van der Waals surface area (Å²) in [6.07, 6.45) is -0.0424. The standard InChI is InChI=1S/C15H23BrF2N2O2Si/c1-13(2,3)23(4,5)22-15(11(17)18)8-14(21,9-15)12-19-6-10(16)7-20-12/h6-7,11,21H,8-9H2,1-5H3. The molecule has 0 spiro atoms. The maximum atomic E-state index is 13.7. The average Bonchev–Trinajstić information content (AvgIpc) is 2.35. The maximum Gasteiger partial charge on any atom is 0.266 e. The number of hydrogen-bond acceptors (Lipinski definition) is 4. The molecule has 0 atom stereocenters. The van der Waals surface area contributed by atoms with Crippen molar-refractivity contribution in [3.05, 3.63) is 22.7 Å². The molecule has 0 saturated heterocycles. The van der Waals surface area contributed by atoms with Crippen LogP contribution in [0.3, 0.4) is 0 Å². The number of aromatic nitrogens is 2. The van der Waals surface area contributed by atoms with Crippen LogP contribution in [0.4, 0.5) is 8.78 Å². The lowest BCUT2D eigenvalue weighted by molar-refractivity contribution is -0.233. The lowest BCUT2D eigenvalue weighted by atomic mass is 9.67. The van der Waals surface area contributed by atoms with Gasteiger partial charge in [-0.05, 0) is 34.1 Å². The van der Waals surface area contributed by atoms with Crippen molar-refractivity contribution in [3.8, 4) is 0 Å². The van der Waals surface area contributed by atoms with E-state index in [-0.39, 0.29) is 23.7 Å². The van der Waals surface area contributed by atoms with Gasteiger partial charge in [0.05, 0.1) is 4.47 Å². The largest absolute Gasteiger partial charge is 0.405 e. The van der Waals surface area contributed by atoms with Gasteiger partial charge in [-0.25, -0.2) is 18.7 Å². The van der Waals surface area contributed by atoms with Gasteiger partial charge in [0.25, 0.3) is 6.43 Å². The van der Waals surface area contributed by atoms with Gasteiger partial charge in [-0.1, -0.05) is 20.8 Å². The number of halogens is 3. The van der Waals surface area contributed by atoms with Crippen LogP contribution in [-0.4, -0.2) is 35.4 Å². The van der Waals surface area contributed by atoms with Crippen LogP contribution in [0.15, 0.2) is 16.9 Å². The van der Waals surface area contributed by atoms with E-state index in [9.17, 15) is 13.9 Å². The number of nitrogens with zero attached hydrogens (tertiary/aromatic N) is 2. The molecule has 4 nitrogen and oxygen atoms in total.